The minimum absolute atomic E-state index is 0.00637. The van der Waals surface area contributed by atoms with Gasteiger partial charge in [0.2, 0.25) is 0 Å². The first-order valence-corrected chi connectivity index (χ1v) is 8.93. The molecule has 1 heterocycles. The highest BCUT2D eigenvalue weighted by molar-refractivity contribution is 5.95. The van der Waals surface area contributed by atoms with Gasteiger partial charge in [0.05, 0.1) is 9.85 Å². The molecule has 0 aromatic heterocycles. The molecule has 28 heavy (non-hydrogen) atoms. The molecule has 0 radical (unpaired) electrons. The molecule has 9 nitrogen and oxygen atoms in total. The monoisotopic (exact) mass is 384 g/mol. The summed E-state index contributed by atoms with van der Waals surface area (Å²) in [6, 6.07) is 12.3. The van der Waals surface area contributed by atoms with Crippen molar-refractivity contribution in [3.05, 3.63) is 79.9 Å². The van der Waals surface area contributed by atoms with Crippen molar-refractivity contribution in [3.8, 4) is 0 Å². The number of nitrogens with zero attached hydrogens (tertiary/aromatic N) is 3. The van der Waals surface area contributed by atoms with E-state index >= 15 is 0 Å². The second-order valence-corrected chi connectivity index (χ2v) is 6.76. The highest BCUT2D eigenvalue weighted by atomic mass is 16.6. The van der Waals surface area contributed by atoms with Crippen molar-refractivity contribution in [2.75, 3.05) is 13.1 Å². The number of rotatable bonds is 6. The molecule has 9 heteroatoms. The summed E-state index contributed by atoms with van der Waals surface area (Å²) >= 11 is 0. The molecule has 0 aliphatic carbocycles. The van der Waals surface area contributed by atoms with Crippen LogP contribution in [-0.4, -0.2) is 39.8 Å². The van der Waals surface area contributed by atoms with E-state index in [1.807, 2.05) is 6.07 Å². The number of hydrogen-bond donors (Lipinski definition) is 1. The lowest BCUT2D eigenvalue weighted by molar-refractivity contribution is -0.385. The first-order chi connectivity index (χ1) is 13.4. The number of likely N-dealkylation sites (tertiary alicyclic amines) is 1. The van der Waals surface area contributed by atoms with Gasteiger partial charge >= 0.3 is 0 Å². The third kappa shape index (κ3) is 4.89. The van der Waals surface area contributed by atoms with Crippen LogP contribution in [0.15, 0.2) is 48.5 Å². The van der Waals surface area contributed by atoms with Crippen LogP contribution in [0.5, 0.6) is 0 Å². The van der Waals surface area contributed by atoms with Crippen LogP contribution < -0.4 is 5.32 Å². The lowest BCUT2D eigenvalue weighted by Crippen LogP contribution is -2.44. The Labute approximate surface area is 161 Å². The number of hydrogen-bond acceptors (Lipinski definition) is 6. The smallest absolute Gasteiger partial charge is 0.270 e. The summed E-state index contributed by atoms with van der Waals surface area (Å²) in [5, 5.41) is 24.7. The summed E-state index contributed by atoms with van der Waals surface area (Å²) in [6.45, 7) is 2.12. The van der Waals surface area contributed by atoms with Gasteiger partial charge in [0.25, 0.3) is 17.3 Å². The minimum Gasteiger partial charge on any atom is -0.349 e. The Morgan fingerprint density at radius 2 is 1.61 bits per heavy atom. The fourth-order valence-corrected chi connectivity index (χ4v) is 3.29. The standard InChI is InChI=1S/C19H20N4O5/c24-19(15-4-2-6-18(12-15)23(27)28)20-16-7-9-21(10-8-16)13-14-3-1-5-17(11-14)22(25)26/h1-6,11-12,16H,7-10,13H2,(H,20,24). The molecule has 1 amide bonds. The second kappa shape index (κ2) is 8.57. The van der Waals surface area contributed by atoms with Gasteiger partial charge in [-0.05, 0) is 24.5 Å². The maximum absolute atomic E-state index is 12.4. The molecule has 0 bridgehead atoms. The summed E-state index contributed by atoms with van der Waals surface area (Å²) in [6.07, 6.45) is 1.49. The average molecular weight is 384 g/mol. The molecular formula is C19H20N4O5. The SMILES string of the molecule is O=C(NC1CCN(Cc2cccc([N+](=O)[O-])c2)CC1)c1cccc([N+](=O)[O-])c1. The molecule has 1 fully saturated rings. The zero-order valence-corrected chi connectivity index (χ0v) is 15.1. The number of nitro benzene ring substituents is 2. The first kappa shape index (κ1) is 19.4. The van der Waals surface area contributed by atoms with Crippen molar-refractivity contribution in [2.45, 2.75) is 25.4 Å². The Hall–Kier alpha value is -3.33. The van der Waals surface area contributed by atoms with E-state index < -0.39 is 9.85 Å². The Kier molecular flexibility index (Phi) is 5.95. The van der Waals surface area contributed by atoms with Crippen LogP contribution in [0.4, 0.5) is 11.4 Å². The van der Waals surface area contributed by atoms with Crippen LogP contribution in [0.3, 0.4) is 0 Å². The number of piperidine rings is 1. The van der Waals surface area contributed by atoms with Crippen LogP contribution >= 0.6 is 0 Å². The predicted molar refractivity (Wildman–Crippen MR) is 102 cm³/mol. The molecule has 1 aliphatic rings. The molecule has 0 spiro atoms. The molecule has 2 aromatic carbocycles. The van der Waals surface area contributed by atoms with E-state index in [0.717, 1.165) is 31.5 Å². The summed E-state index contributed by atoms with van der Waals surface area (Å²) in [4.78, 5) is 35.3. The number of amides is 1. The molecule has 1 N–H and O–H groups in total. The molecular weight excluding hydrogens is 364 g/mol. The average Bonchev–Trinajstić information content (AvgIpc) is 2.69. The molecule has 0 unspecified atom stereocenters. The Bertz CT molecular complexity index is 893. The third-order valence-electron chi connectivity index (χ3n) is 4.77. The Morgan fingerprint density at radius 3 is 2.25 bits per heavy atom. The third-order valence-corrected chi connectivity index (χ3v) is 4.77. The number of carbonyl (C=O) groups excluding carboxylic acids is 1. The van der Waals surface area contributed by atoms with Gasteiger partial charge in [0.15, 0.2) is 0 Å². The van der Waals surface area contributed by atoms with Gasteiger partial charge in [0.1, 0.15) is 0 Å². The van der Waals surface area contributed by atoms with Gasteiger partial charge in [-0.15, -0.1) is 0 Å². The molecule has 2 aromatic rings. The predicted octanol–water partition coefficient (Wildman–Crippen LogP) is 2.90. The van der Waals surface area contributed by atoms with Gasteiger partial charge in [-0.3, -0.25) is 29.9 Å². The van der Waals surface area contributed by atoms with Crippen LogP contribution in [0, 0.1) is 20.2 Å². The maximum atomic E-state index is 12.4. The van der Waals surface area contributed by atoms with E-state index in [0.29, 0.717) is 6.54 Å². The van der Waals surface area contributed by atoms with Gasteiger partial charge in [0, 0.05) is 55.5 Å². The molecule has 1 saturated heterocycles. The lowest BCUT2D eigenvalue weighted by Gasteiger charge is -2.32. The highest BCUT2D eigenvalue weighted by Gasteiger charge is 2.22. The first-order valence-electron chi connectivity index (χ1n) is 8.93. The highest BCUT2D eigenvalue weighted by Crippen LogP contribution is 2.19. The summed E-state index contributed by atoms with van der Waals surface area (Å²) in [5.74, 6) is -0.319. The van der Waals surface area contributed by atoms with Crippen molar-refractivity contribution in [3.63, 3.8) is 0 Å². The second-order valence-electron chi connectivity index (χ2n) is 6.76. The van der Waals surface area contributed by atoms with Gasteiger partial charge in [-0.2, -0.15) is 0 Å². The largest absolute Gasteiger partial charge is 0.349 e. The van der Waals surface area contributed by atoms with Crippen LogP contribution in [-0.2, 0) is 6.54 Å². The number of non-ortho nitro benzene ring substituents is 2. The summed E-state index contributed by atoms with van der Waals surface area (Å²) < 4.78 is 0. The number of carbonyl (C=O) groups is 1. The quantitative estimate of drug-likeness (QED) is 0.604. The molecule has 0 saturated carbocycles. The van der Waals surface area contributed by atoms with Crippen molar-refractivity contribution in [1.82, 2.24) is 10.2 Å². The van der Waals surface area contributed by atoms with Crippen molar-refractivity contribution >= 4 is 17.3 Å². The van der Waals surface area contributed by atoms with Crippen molar-refractivity contribution in [1.29, 1.82) is 0 Å². The summed E-state index contributed by atoms with van der Waals surface area (Å²) in [7, 11) is 0. The minimum atomic E-state index is -0.525. The van der Waals surface area contributed by atoms with E-state index in [1.165, 1.54) is 24.3 Å². The van der Waals surface area contributed by atoms with Gasteiger partial charge in [-0.25, -0.2) is 0 Å². The number of nitrogens with one attached hydrogen (secondary N) is 1. The topological polar surface area (TPSA) is 119 Å². The normalized spacial score (nSPS) is 15.1. The van der Waals surface area contributed by atoms with E-state index in [4.69, 9.17) is 0 Å². The lowest BCUT2D eigenvalue weighted by atomic mass is 10.0. The molecule has 146 valence electrons. The van der Waals surface area contributed by atoms with Crippen molar-refractivity contribution in [2.24, 2.45) is 0 Å². The summed E-state index contributed by atoms with van der Waals surface area (Å²) in [5.41, 5.74) is 1.12. The Morgan fingerprint density at radius 1 is 1.00 bits per heavy atom. The van der Waals surface area contributed by atoms with Crippen LogP contribution in [0.25, 0.3) is 0 Å². The fraction of sp³-hybridized carbons (Fsp3) is 0.316. The maximum Gasteiger partial charge on any atom is 0.270 e. The van der Waals surface area contributed by atoms with E-state index in [2.05, 4.69) is 10.2 Å². The van der Waals surface area contributed by atoms with Crippen molar-refractivity contribution < 1.29 is 14.6 Å². The zero-order chi connectivity index (χ0) is 20.1. The molecule has 0 atom stereocenters. The fourth-order valence-electron chi connectivity index (χ4n) is 3.29. The molecule has 3 rings (SSSR count). The molecule has 1 aliphatic heterocycles. The van der Waals surface area contributed by atoms with Crippen LogP contribution in [0.1, 0.15) is 28.8 Å². The van der Waals surface area contributed by atoms with E-state index in [9.17, 15) is 25.0 Å². The van der Waals surface area contributed by atoms with E-state index in [1.54, 1.807) is 18.2 Å². The van der Waals surface area contributed by atoms with Gasteiger partial charge < -0.3 is 5.32 Å². The zero-order valence-electron chi connectivity index (χ0n) is 15.1. The number of benzene rings is 2. The Balaban J connectivity index is 1.52. The van der Waals surface area contributed by atoms with Crippen LogP contribution in [0.2, 0.25) is 0 Å². The van der Waals surface area contributed by atoms with Gasteiger partial charge in [-0.1, -0.05) is 18.2 Å². The number of nitro groups is 2. The van der Waals surface area contributed by atoms with E-state index in [-0.39, 0.29) is 28.9 Å².